The Morgan fingerprint density at radius 2 is 1.80 bits per heavy atom. The third-order valence-electron chi connectivity index (χ3n) is 4.15. The second kappa shape index (κ2) is 9.33. The molecule has 0 spiro atoms. The number of hydrogen-bond acceptors (Lipinski definition) is 4. The second-order valence-electron chi connectivity index (χ2n) is 6.37. The lowest BCUT2D eigenvalue weighted by atomic mass is 9.97. The van der Waals surface area contributed by atoms with Gasteiger partial charge in [-0.05, 0) is 47.7 Å². The highest BCUT2D eigenvalue weighted by molar-refractivity contribution is 5.98. The molecule has 2 heterocycles. The molecule has 0 saturated carbocycles. The maximum atomic E-state index is 9.75. The number of hydrogen-bond donors (Lipinski definition) is 2. The van der Waals surface area contributed by atoms with Crippen LogP contribution in [0.15, 0.2) is 47.7 Å². The van der Waals surface area contributed by atoms with Gasteiger partial charge in [-0.15, -0.1) is 0 Å². The van der Waals surface area contributed by atoms with Crippen LogP contribution in [0.4, 0.5) is 5.69 Å². The maximum Gasteiger partial charge on any atom is 0.102 e. The number of nitrogens with one attached hydrogen (secondary N) is 1. The molecule has 0 aliphatic carbocycles. The van der Waals surface area contributed by atoms with E-state index in [2.05, 4.69) is 42.3 Å². The number of aliphatic hydroxyl groups excluding tert-OH is 1. The minimum Gasteiger partial charge on any atom is -0.394 e. The lowest BCUT2D eigenvalue weighted by Gasteiger charge is -2.25. The standard InChI is InChI=1S/C19H23N3O.C2H6/c1-13(2)3-6-19-21-17-5-4-15(14-7-9-20-10-8-14)11-16(17)18(12-23)22-19;1-2/h4-5,7-11,13,18,23H,3,6,12H2,1-2H3,(H,21,22);1-2H3. The van der Waals surface area contributed by atoms with Gasteiger partial charge in [-0.3, -0.25) is 9.98 Å². The molecular formula is C21H29N3O. The van der Waals surface area contributed by atoms with Crippen LogP contribution in [-0.4, -0.2) is 22.5 Å². The van der Waals surface area contributed by atoms with Crippen molar-refractivity contribution in [3.63, 3.8) is 0 Å². The molecule has 134 valence electrons. The largest absolute Gasteiger partial charge is 0.394 e. The summed E-state index contributed by atoms with van der Waals surface area (Å²) in [4.78, 5) is 8.75. The minimum atomic E-state index is -0.185. The number of aromatic nitrogens is 1. The molecule has 25 heavy (non-hydrogen) atoms. The van der Waals surface area contributed by atoms with Crippen molar-refractivity contribution >= 4 is 11.5 Å². The first-order valence-corrected chi connectivity index (χ1v) is 9.16. The van der Waals surface area contributed by atoms with Crippen LogP contribution in [0.5, 0.6) is 0 Å². The van der Waals surface area contributed by atoms with E-state index in [1.54, 1.807) is 12.4 Å². The summed E-state index contributed by atoms with van der Waals surface area (Å²) in [6, 6.07) is 10.1. The van der Waals surface area contributed by atoms with Crippen molar-refractivity contribution in [3.8, 4) is 11.1 Å². The maximum absolute atomic E-state index is 9.75. The average molecular weight is 339 g/mol. The number of aliphatic imine (C=N–C) groups is 1. The number of rotatable bonds is 5. The quantitative estimate of drug-likeness (QED) is 0.799. The topological polar surface area (TPSA) is 57.5 Å². The van der Waals surface area contributed by atoms with Gasteiger partial charge >= 0.3 is 0 Å². The summed E-state index contributed by atoms with van der Waals surface area (Å²) < 4.78 is 0. The van der Waals surface area contributed by atoms with E-state index in [-0.39, 0.29) is 12.6 Å². The van der Waals surface area contributed by atoms with Crippen LogP contribution < -0.4 is 5.32 Å². The Morgan fingerprint density at radius 1 is 1.08 bits per heavy atom. The van der Waals surface area contributed by atoms with Gasteiger partial charge in [-0.1, -0.05) is 33.8 Å². The third-order valence-corrected chi connectivity index (χ3v) is 4.15. The van der Waals surface area contributed by atoms with E-state index in [4.69, 9.17) is 4.99 Å². The number of amidine groups is 1. The predicted molar refractivity (Wildman–Crippen MR) is 106 cm³/mol. The van der Waals surface area contributed by atoms with Crippen molar-refractivity contribution in [1.29, 1.82) is 0 Å². The third kappa shape index (κ3) is 4.89. The molecule has 4 heteroatoms. The van der Waals surface area contributed by atoms with Crippen LogP contribution in [-0.2, 0) is 0 Å². The van der Waals surface area contributed by atoms with E-state index >= 15 is 0 Å². The molecule has 1 atom stereocenters. The molecule has 0 saturated heterocycles. The average Bonchev–Trinajstić information content (AvgIpc) is 2.67. The molecular weight excluding hydrogens is 310 g/mol. The summed E-state index contributed by atoms with van der Waals surface area (Å²) in [6.07, 6.45) is 5.59. The predicted octanol–water partition coefficient (Wildman–Crippen LogP) is 5.07. The fourth-order valence-corrected chi connectivity index (χ4v) is 2.81. The molecule has 1 aromatic carbocycles. The molecule has 4 nitrogen and oxygen atoms in total. The summed E-state index contributed by atoms with van der Waals surface area (Å²) in [5.41, 5.74) is 4.34. The van der Waals surface area contributed by atoms with Crippen molar-refractivity contribution in [2.45, 2.75) is 46.6 Å². The van der Waals surface area contributed by atoms with Gasteiger partial charge in [0.2, 0.25) is 0 Å². The van der Waals surface area contributed by atoms with Gasteiger partial charge in [0.05, 0.1) is 6.61 Å². The Kier molecular flexibility index (Phi) is 7.14. The lowest BCUT2D eigenvalue weighted by molar-refractivity contribution is 0.268. The fraction of sp³-hybridized carbons (Fsp3) is 0.429. The summed E-state index contributed by atoms with van der Waals surface area (Å²) in [7, 11) is 0. The Hall–Kier alpha value is -2.20. The number of pyridine rings is 1. The van der Waals surface area contributed by atoms with Gasteiger partial charge in [0.1, 0.15) is 11.9 Å². The van der Waals surface area contributed by atoms with Crippen molar-refractivity contribution in [2.75, 3.05) is 11.9 Å². The van der Waals surface area contributed by atoms with E-state index in [0.717, 1.165) is 41.1 Å². The van der Waals surface area contributed by atoms with Crippen LogP contribution in [0.25, 0.3) is 11.1 Å². The van der Waals surface area contributed by atoms with E-state index in [0.29, 0.717) is 5.92 Å². The molecule has 1 aliphatic heterocycles. The summed E-state index contributed by atoms with van der Waals surface area (Å²) in [5.74, 6) is 1.62. The molecule has 3 rings (SSSR count). The van der Waals surface area contributed by atoms with E-state index in [9.17, 15) is 5.11 Å². The van der Waals surface area contributed by atoms with Crippen LogP contribution in [0, 0.1) is 5.92 Å². The molecule has 2 N–H and O–H groups in total. The van der Waals surface area contributed by atoms with Gasteiger partial charge < -0.3 is 10.4 Å². The van der Waals surface area contributed by atoms with E-state index in [1.165, 1.54) is 0 Å². The zero-order valence-corrected chi connectivity index (χ0v) is 15.7. The first-order chi connectivity index (χ1) is 12.2. The van der Waals surface area contributed by atoms with Crippen LogP contribution >= 0.6 is 0 Å². The Morgan fingerprint density at radius 3 is 2.44 bits per heavy atom. The van der Waals surface area contributed by atoms with Crippen molar-refractivity contribution < 1.29 is 5.11 Å². The van der Waals surface area contributed by atoms with Gasteiger partial charge in [-0.2, -0.15) is 0 Å². The first-order valence-electron chi connectivity index (χ1n) is 9.16. The Balaban J connectivity index is 0.00000109. The summed E-state index contributed by atoms with van der Waals surface area (Å²) >= 11 is 0. The van der Waals surface area contributed by atoms with Crippen molar-refractivity contribution in [2.24, 2.45) is 10.9 Å². The molecule has 1 unspecified atom stereocenters. The smallest absolute Gasteiger partial charge is 0.102 e. The highest BCUT2D eigenvalue weighted by Crippen LogP contribution is 2.34. The number of anilines is 1. The van der Waals surface area contributed by atoms with Gasteiger partial charge in [0.15, 0.2) is 0 Å². The van der Waals surface area contributed by atoms with Gasteiger partial charge in [-0.25, -0.2) is 0 Å². The summed E-state index contributed by atoms with van der Waals surface area (Å²) in [5, 5.41) is 13.2. The molecule has 0 radical (unpaired) electrons. The number of nitrogens with zero attached hydrogens (tertiary/aromatic N) is 2. The highest BCUT2D eigenvalue weighted by atomic mass is 16.3. The molecule has 0 amide bonds. The van der Waals surface area contributed by atoms with Crippen LogP contribution in [0.3, 0.4) is 0 Å². The number of aliphatic hydroxyl groups is 1. The normalized spacial score (nSPS) is 15.6. The number of benzene rings is 1. The van der Waals surface area contributed by atoms with Crippen molar-refractivity contribution in [1.82, 2.24) is 4.98 Å². The Labute approximate surface area is 151 Å². The molecule has 2 aromatic rings. The van der Waals surface area contributed by atoms with Gasteiger partial charge in [0.25, 0.3) is 0 Å². The SMILES string of the molecule is CC.CC(C)CCC1=NC(CO)c2cc(-c3ccncc3)ccc2N1. The Bertz CT molecular complexity index is 696. The minimum absolute atomic E-state index is 0.0274. The zero-order valence-electron chi connectivity index (χ0n) is 15.7. The summed E-state index contributed by atoms with van der Waals surface area (Å²) in [6.45, 7) is 8.45. The van der Waals surface area contributed by atoms with Crippen LogP contribution in [0.1, 0.15) is 52.1 Å². The molecule has 0 bridgehead atoms. The zero-order chi connectivity index (χ0) is 18.2. The van der Waals surface area contributed by atoms with Crippen LogP contribution in [0.2, 0.25) is 0 Å². The van der Waals surface area contributed by atoms with E-state index in [1.807, 2.05) is 26.0 Å². The first kappa shape index (κ1) is 19.1. The molecule has 1 aromatic heterocycles. The monoisotopic (exact) mass is 339 g/mol. The van der Waals surface area contributed by atoms with Crippen molar-refractivity contribution in [3.05, 3.63) is 48.3 Å². The van der Waals surface area contributed by atoms with E-state index < -0.39 is 0 Å². The highest BCUT2D eigenvalue weighted by Gasteiger charge is 2.21. The fourth-order valence-electron chi connectivity index (χ4n) is 2.81. The molecule has 1 aliphatic rings. The molecule has 0 fully saturated rings. The second-order valence-corrected chi connectivity index (χ2v) is 6.37. The van der Waals surface area contributed by atoms with Gasteiger partial charge in [0, 0.05) is 30.1 Å². The number of fused-ring (bicyclic) bond motifs is 1. The lowest BCUT2D eigenvalue weighted by Crippen LogP contribution is -2.22.